The Hall–Kier alpha value is -0.160. The van der Waals surface area contributed by atoms with Crippen molar-refractivity contribution in [3.8, 4) is 0 Å². The van der Waals surface area contributed by atoms with Gasteiger partial charge in [0.1, 0.15) is 0 Å². The van der Waals surface area contributed by atoms with E-state index in [0.29, 0.717) is 0 Å². The molecule has 0 aromatic heterocycles. The lowest BCUT2D eigenvalue weighted by Gasteiger charge is -1.19. The monoisotopic (exact) mass is 132 g/mol. The molecule has 4 heteroatoms. The molecule has 4 nitrogen and oxygen atoms in total. The summed E-state index contributed by atoms with van der Waals surface area (Å²) in [6.07, 6.45) is 0. The zero-order chi connectivity index (χ0) is 8.00. The second-order valence-corrected chi connectivity index (χ2v) is 0. The molecule has 0 amide bonds. The van der Waals surface area contributed by atoms with Gasteiger partial charge in [-0.1, -0.05) is 0 Å². The Morgan fingerprint density at radius 3 is 0.500 bits per heavy atom. The van der Waals surface area contributed by atoms with Gasteiger partial charge in [-0.2, -0.15) is 0 Å². The van der Waals surface area contributed by atoms with Crippen molar-refractivity contribution in [1.82, 2.24) is 0 Å². The molecule has 0 unspecified atom stereocenters. The smallest absolute Gasteiger partial charge is 0 e. The van der Waals surface area contributed by atoms with Crippen molar-refractivity contribution < 1.29 is 5.71 Å². The van der Waals surface area contributed by atoms with Crippen LogP contribution in [0.5, 0.6) is 0 Å². The summed E-state index contributed by atoms with van der Waals surface area (Å²) in [6.45, 7) is 0. The van der Waals surface area contributed by atoms with Crippen LogP contribution in [0, 0.1) is 0 Å². The molecule has 0 fully saturated rings. The lowest BCUT2D eigenvalue weighted by Crippen LogP contribution is -1.69. The van der Waals surface area contributed by atoms with Crippen molar-refractivity contribution in [3.63, 3.8) is 0 Å². The normalized spacial score (nSPS) is 3.00. The molecule has 0 atom stereocenters. The minimum Gasteiger partial charge on any atom is -0.333 e. The summed E-state index contributed by atoms with van der Waals surface area (Å²) in [7, 11) is 6.00. The van der Waals surface area contributed by atoms with Gasteiger partial charge in [-0.15, -0.1) is 0 Å². The van der Waals surface area contributed by atoms with Crippen molar-refractivity contribution >= 4 is 0 Å². The fourth-order valence-corrected chi connectivity index (χ4v) is 0. The van der Waals surface area contributed by atoms with Gasteiger partial charge in [0.25, 0.3) is 0 Å². The molecule has 0 aliphatic heterocycles. The van der Waals surface area contributed by atoms with Crippen molar-refractivity contribution in [3.05, 3.63) is 0 Å². The molecule has 0 saturated heterocycles. The topological polar surface area (TPSA) is 104 Å². The molecule has 0 rings (SSSR count). The average molecular weight is 132 g/mol. The maximum absolute atomic E-state index is 4.50. The summed E-state index contributed by atoms with van der Waals surface area (Å²) in [5.74, 6) is 0. The Morgan fingerprint density at radius 2 is 0.500 bits per heavy atom. The van der Waals surface area contributed by atoms with Crippen molar-refractivity contribution in [2.75, 3.05) is 28.2 Å². The zero-order valence-electron chi connectivity index (χ0n) is 6.31. The molecule has 0 aliphatic rings. The molecule has 0 aromatic carbocycles. The predicted molar refractivity (Wildman–Crippen MR) is 48.9 cm³/mol. The second-order valence-electron chi connectivity index (χ2n) is 0. The molecule has 0 aliphatic carbocycles. The molecule has 8 heavy (non-hydrogen) atoms. The van der Waals surface area contributed by atoms with Crippen LogP contribution in [-0.2, 0) is 0 Å². The minimum atomic E-state index is 0. The molecule has 0 saturated carbocycles. The van der Waals surface area contributed by atoms with Gasteiger partial charge < -0.3 is 22.9 Å². The Bertz CT molecular complexity index is 19.0. The lowest BCUT2D eigenvalue weighted by molar-refractivity contribution is 1.48. The molecule has 0 radical (unpaired) electrons. The third-order valence-electron chi connectivity index (χ3n) is 0. The maximum Gasteiger partial charge on any atom is 0 e. The number of rotatable bonds is 0. The highest BCUT2D eigenvalue weighted by molar-refractivity contribution is 3.54. The fourth-order valence-electron chi connectivity index (χ4n) is 0. The van der Waals surface area contributed by atoms with E-state index in [0.717, 1.165) is 0 Å². The molecule has 0 bridgehead atoms. The number of hydrogen-bond donors (Lipinski definition) is 4. The van der Waals surface area contributed by atoms with E-state index < -0.39 is 0 Å². The number of hydrogen-bond acceptors (Lipinski definition) is 4. The maximum atomic E-state index is 4.50. The lowest BCUT2D eigenvalue weighted by atomic mass is 11.6. The van der Waals surface area contributed by atoms with E-state index in [1.165, 1.54) is 28.2 Å². The fraction of sp³-hybridized carbons (Fsp3) is 1.00. The van der Waals surface area contributed by atoms with Crippen molar-refractivity contribution in [2.45, 2.75) is 0 Å². The average Bonchev–Trinajstić information content (AvgIpc) is 2.03. The van der Waals surface area contributed by atoms with Gasteiger partial charge in [-0.25, -0.2) is 0 Å². The molecular weight excluding hydrogens is 104 g/mol. The molecule has 0 spiro atoms. The third-order valence-corrected chi connectivity index (χ3v) is 0. The highest BCUT2D eigenvalue weighted by atomic mass is 14.4. The van der Waals surface area contributed by atoms with Crippen LogP contribution in [0.1, 0.15) is 5.71 Å². The van der Waals surface area contributed by atoms with Crippen molar-refractivity contribution in [2.24, 2.45) is 22.9 Å². The van der Waals surface area contributed by atoms with Crippen LogP contribution in [-0.4, -0.2) is 28.2 Å². The van der Waals surface area contributed by atoms with Crippen LogP contribution in [0.3, 0.4) is 0 Å². The highest BCUT2D eigenvalue weighted by Gasteiger charge is 0.842. The van der Waals surface area contributed by atoms with E-state index in [1.54, 1.807) is 0 Å². The summed E-state index contributed by atoms with van der Waals surface area (Å²) >= 11 is 0. The van der Waals surface area contributed by atoms with Crippen LogP contribution in [0.2, 0.25) is 0 Å². The summed E-state index contributed by atoms with van der Waals surface area (Å²) in [4.78, 5) is 0. The van der Waals surface area contributed by atoms with E-state index in [1.807, 2.05) is 0 Å². The molecule has 0 heterocycles. The van der Waals surface area contributed by atoms with E-state index >= 15 is 0 Å². The summed E-state index contributed by atoms with van der Waals surface area (Å²) < 4.78 is 0. The Morgan fingerprint density at radius 1 is 0.500 bits per heavy atom. The van der Waals surface area contributed by atoms with Crippen molar-refractivity contribution in [1.29, 1.82) is 0 Å². The molecular formula is C4H28N4. The van der Waals surface area contributed by atoms with Crippen LogP contribution in [0.4, 0.5) is 0 Å². The standard InChI is InChI=1S/4CH5N.4H2/c4*1-2;;;;/h4*2H2,1H3;4*1H. The van der Waals surface area contributed by atoms with Gasteiger partial charge in [0.15, 0.2) is 0 Å². The van der Waals surface area contributed by atoms with Crippen LogP contribution < -0.4 is 22.9 Å². The predicted octanol–water partition coefficient (Wildman–Crippen LogP) is -0.716. The van der Waals surface area contributed by atoms with E-state index in [4.69, 9.17) is 0 Å². The SMILES string of the molecule is CN.CN.CN.CN.[HH].[HH].[HH].[HH]. The first-order valence-corrected chi connectivity index (χ1v) is 2.31. The first-order valence-electron chi connectivity index (χ1n) is 2.31. The quantitative estimate of drug-likeness (QED) is 0.349. The Balaban J connectivity index is -0.00000000267. The summed E-state index contributed by atoms with van der Waals surface area (Å²) in [5.41, 5.74) is 18.0. The number of nitrogens with two attached hydrogens (primary N) is 4. The second kappa shape index (κ2) is 9110. The Labute approximate surface area is 58.2 Å². The minimum absolute atomic E-state index is 0. The van der Waals surface area contributed by atoms with Crippen LogP contribution in [0.15, 0.2) is 0 Å². The van der Waals surface area contributed by atoms with Gasteiger partial charge in [-0.3, -0.25) is 0 Å². The molecule has 0 aromatic rings. The van der Waals surface area contributed by atoms with Gasteiger partial charge in [0.2, 0.25) is 0 Å². The van der Waals surface area contributed by atoms with Gasteiger partial charge >= 0.3 is 0 Å². The van der Waals surface area contributed by atoms with E-state index in [9.17, 15) is 0 Å². The summed E-state index contributed by atoms with van der Waals surface area (Å²) in [6, 6.07) is 0. The highest BCUT2D eigenvalue weighted by Crippen LogP contribution is 0.474. The zero-order valence-corrected chi connectivity index (χ0v) is 6.31. The van der Waals surface area contributed by atoms with Gasteiger partial charge in [-0.05, 0) is 28.2 Å². The third kappa shape index (κ3) is 5340. The molecule has 8 N–H and O–H groups in total. The van der Waals surface area contributed by atoms with Crippen LogP contribution >= 0.6 is 0 Å². The first-order chi connectivity index (χ1) is 4.00. The van der Waals surface area contributed by atoms with Gasteiger partial charge in [0.05, 0.1) is 0 Å². The summed E-state index contributed by atoms with van der Waals surface area (Å²) in [5, 5.41) is 0. The van der Waals surface area contributed by atoms with E-state index in [2.05, 4.69) is 22.9 Å². The molecule has 64 valence electrons. The Kier molecular flexibility index (Phi) is 28300. The first kappa shape index (κ1) is 24.9. The van der Waals surface area contributed by atoms with Crippen LogP contribution in [0.25, 0.3) is 0 Å². The largest absolute Gasteiger partial charge is 0.333 e. The van der Waals surface area contributed by atoms with E-state index in [-0.39, 0.29) is 5.71 Å². The van der Waals surface area contributed by atoms with Gasteiger partial charge in [0, 0.05) is 5.71 Å².